The summed E-state index contributed by atoms with van der Waals surface area (Å²) >= 11 is 8.07. The van der Waals surface area contributed by atoms with Crippen molar-refractivity contribution in [1.29, 1.82) is 0 Å². The van der Waals surface area contributed by atoms with Crippen LogP contribution in [0.25, 0.3) is 0 Å². The summed E-state index contributed by atoms with van der Waals surface area (Å²) in [6, 6.07) is 10.8. The van der Waals surface area contributed by atoms with Crippen LogP contribution in [0.5, 0.6) is 5.75 Å². The van der Waals surface area contributed by atoms with Gasteiger partial charge in [-0.05, 0) is 72.0 Å². The fraction of sp³-hybridized carbons (Fsp3) is 0.143. The van der Waals surface area contributed by atoms with Gasteiger partial charge in [-0.25, -0.2) is 8.42 Å². The maximum absolute atomic E-state index is 12.7. The summed E-state index contributed by atoms with van der Waals surface area (Å²) in [5.41, 5.74) is 0.351. The Morgan fingerprint density at radius 1 is 1.26 bits per heavy atom. The van der Waals surface area contributed by atoms with E-state index in [1.54, 1.807) is 26.1 Å². The lowest BCUT2D eigenvalue weighted by Crippen LogP contribution is -2.23. The van der Waals surface area contributed by atoms with E-state index >= 15 is 0 Å². The number of carbonyl (C=O) groups excluding carboxylic acids is 1. The Hall–Kier alpha value is -2.37. The van der Waals surface area contributed by atoms with Crippen molar-refractivity contribution in [2.75, 3.05) is 18.3 Å². The van der Waals surface area contributed by atoms with E-state index in [1.165, 1.54) is 42.6 Å². The Morgan fingerprint density at radius 3 is 2.55 bits per heavy atom. The fourth-order valence-corrected chi connectivity index (χ4v) is 4.06. The molecule has 0 radical (unpaired) electrons. The molecule has 0 unspecified atom stereocenters. The first-order valence-corrected chi connectivity index (χ1v) is 12.0. The monoisotopic (exact) mass is 573 g/mol. The summed E-state index contributed by atoms with van der Waals surface area (Å²) in [6.07, 6.45) is 2.87. The highest BCUT2D eigenvalue weighted by atomic mass is 127. The maximum Gasteiger partial charge on any atom is 0.261 e. The van der Waals surface area contributed by atoms with Gasteiger partial charge in [0.2, 0.25) is 0 Å². The van der Waals surface area contributed by atoms with Crippen LogP contribution in [-0.4, -0.2) is 34.1 Å². The second-order valence-corrected chi connectivity index (χ2v) is 9.48. The number of halogens is 2. The first kappa shape index (κ1) is 24.9. The summed E-state index contributed by atoms with van der Waals surface area (Å²) in [6.45, 7) is 5.92. The molecule has 2 N–H and O–H groups in total. The van der Waals surface area contributed by atoms with E-state index in [0.717, 1.165) is 3.57 Å². The van der Waals surface area contributed by atoms with Crippen LogP contribution in [-0.2, 0) is 10.0 Å². The van der Waals surface area contributed by atoms with Gasteiger partial charge in [-0.3, -0.25) is 14.5 Å². The van der Waals surface area contributed by atoms with Crippen LogP contribution in [0.15, 0.2) is 75.8 Å². The van der Waals surface area contributed by atoms with Crippen LogP contribution >= 0.6 is 34.2 Å². The van der Waals surface area contributed by atoms with Crippen molar-refractivity contribution in [2.45, 2.75) is 11.8 Å². The van der Waals surface area contributed by atoms with Crippen molar-refractivity contribution in [3.63, 3.8) is 0 Å². The summed E-state index contributed by atoms with van der Waals surface area (Å²) in [5, 5.41) is 2.98. The zero-order chi connectivity index (χ0) is 23.0. The molecule has 0 aliphatic carbocycles. The molecule has 0 saturated carbocycles. The highest BCUT2D eigenvalue weighted by Gasteiger charge is 2.18. The van der Waals surface area contributed by atoms with Gasteiger partial charge < -0.3 is 10.1 Å². The topological polar surface area (TPSA) is 96.9 Å². The van der Waals surface area contributed by atoms with Crippen LogP contribution in [0.4, 0.5) is 5.69 Å². The summed E-state index contributed by atoms with van der Waals surface area (Å²) in [5.74, 6) is -0.0456. The van der Waals surface area contributed by atoms with Gasteiger partial charge in [0, 0.05) is 35.1 Å². The SMILES string of the molecule is C=C(/C=C(/Cl)C=NC)Oc1ccc(NS(=O)(=O)c2ccc(I)cc2)cc1C(=O)NCC. The van der Waals surface area contributed by atoms with E-state index in [0.29, 0.717) is 11.6 Å². The first-order chi connectivity index (χ1) is 14.7. The molecule has 1 amide bonds. The molecule has 0 heterocycles. The lowest BCUT2D eigenvalue weighted by molar-refractivity contribution is 0.0953. The first-order valence-electron chi connectivity index (χ1n) is 9.03. The van der Waals surface area contributed by atoms with E-state index in [2.05, 4.69) is 44.2 Å². The van der Waals surface area contributed by atoms with Crippen molar-refractivity contribution >= 4 is 62.0 Å². The molecule has 31 heavy (non-hydrogen) atoms. The van der Waals surface area contributed by atoms with Gasteiger partial charge >= 0.3 is 0 Å². The average molecular weight is 574 g/mol. The summed E-state index contributed by atoms with van der Waals surface area (Å²) < 4.78 is 34.4. The van der Waals surface area contributed by atoms with E-state index in [-0.39, 0.29) is 27.7 Å². The molecule has 0 fully saturated rings. The number of hydrogen-bond acceptors (Lipinski definition) is 5. The number of hydrogen-bond donors (Lipinski definition) is 2. The molecule has 0 bridgehead atoms. The number of benzene rings is 2. The largest absolute Gasteiger partial charge is 0.457 e. The van der Waals surface area contributed by atoms with Crippen molar-refractivity contribution in [1.82, 2.24) is 5.32 Å². The molecule has 0 aliphatic heterocycles. The number of allylic oxidation sites excluding steroid dienone is 2. The lowest BCUT2D eigenvalue weighted by atomic mass is 10.1. The number of rotatable bonds is 9. The molecule has 0 aliphatic rings. The Balaban J connectivity index is 2.36. The van der Waals surface area contributed by atoms with E-state index in [1.807, 2.05) is 0 Å². The van der Waals surface area contributed by atoms with Crippen LogP contribution < -0.4 is 14.8 Å². The van der Waals surface area contributed by atoms with E-state index < -0.39 is 15.9 Å². The predicted octanol–water partition coefficient (Wildman–Crippen LogP) is 4.56. The fourth-order valence-electron chi connectivity index (χ4n) is 2.43. The second-order valence-electron chi connectivity index (χ2n) is 6.11. The van der Waals surface area contributed by atoms with Crippen molar-refractivity contribution in [2.24, 2.45) is 4.99 Å². The van der Waals surface area contributed by atoms with Crippen molar-refractivity contribution in [3.05, 3.63) is 75.0 Å². The van der Waals surface area contributed by atoms with Gasteiger partial charge in [0.1, 0.15) is 11.5 Å². The highest BCUT2D eigenvalue weighted by Crippen LogP contribution is 2.27. The Kier molecular flexibility index (Phi) is 9.08. The quantitative estimate of drug-likeness (QED) is 0.199. The third kappa shape index (κ3) is 7.37. The molecule has 10 heteroatoms. The smallest absolute Gasteiger partial charge is 0.261 e. The zero-order valence-corrected chi connectivity index (χ0v) is 20.6. The number of ether oxygens (including phenoxy) is 1. The Bertz CT molecular complexity index is 1130. The Labute approximate surface area is 200 Å². The molecule has 2 aromatic carbocycles. The minimum Gasteiger partial charge on any atom is -0.457 e. The number of anilines is 1. The summed E-state index contributed by atoms with van der Waals surface area (Å²) in [4.78, 5) is 16.4. The van der Waals surface area contributed by atoms with Crippen LogP contribution in [0.3, 0.4) is 0 Å². The third-order valence-corrected chi connectivity index (χ3v) is 6.05. The molecule has 0 saturated heterocycles. The van der Waals surface area contributed by atoms with E-state index in [4.69, 9.17) is 16.3 Å². The highest BCUT2D eigenvalue weighted by molar-refractivity contribution is 14.1. The van der Waals surface area contributed by atoms with Gasteiger partial charge in [0.15, 0.2) is 0 Å². The van der Waals surface area contributed by atoms with Gasteiger partial charge in [-0.15, -0.1) is 0 Å². The van der Waals surface area contributed by atoms with Gasteiger partial charge in [-0.2, -0.15) is 0 Å². The molecule has 0 aromatic heterocycles. The number of nitrogens with one attached hydrogen (secondary N) is 2. The van der Waals surface area contributed by atoms with E-state index in [9.17, 15) is 13.2 Å². The van der Waals surface area contributed by atoms with Crippen LogP contribution in [0.1, 0.15) is 17.3 Å². The predicted molar refractivity (Wildman–Crippen MR) is 133 cm³/mol. The zero-order valence-electron chi connectivity index (χ0n) is 16.9. The molecule has 164 valence electrons. The van der Waals surface area contributed by atoms with Gasteiger partial charge in [0.05, 0.1) is 15.5 Å². The molecule has 0 atom stereocenters. The average Bonchev–Trinajstić information content (AvgIpc) is 2.69. The van der Waals surface area contributed by atoms with Gasteiger partial charge in [0.25, 0.3) is 15.9 Å². The minimum absolute atomic E-state index is 0.110. The van der Waals surface area contributed by atoms with Crippen LogP contribution in [0, 0.1) is 3.57 Å². The standard InChI is InChI=1S/C21H21ClIN3O4S/c1-4-25-21(27)19-12-17(26-31(28,29)18-8-5-16(23)6-9-18)7-10-20(19)30-14(2)11-15(22)13-24-3/h5-13,26H,2,4H2,1,3H3,(H,25,27)/b15-11+,24-13?. The van der Waals surface area contributed by atoms with Crippen molar-refractivity contribution in [3.8, 4) is 5.75 Å². The molecular formula is C21H21ClIN3O4S. The minimum atomic E-state index is -3.83. The Morgan fingerprint density at radius 2 is 1.94 bits per heavy atom. The molecule has 2 aromatic rings. The lowest BCUT2D eigenvalue weighted by Gasteiger charge is -2.14. The van der Waals surface area contributed by atoms with Crippen LogP contribution in [0.2, 0.25) is 0 Å². The van der Waals surface area contributed by atoms with Crippen molar-refractivity contribution < 1.29 is 17.9 Å². The number of nitrogens with zero attached hydrogens (tertiary/aromatic N) is 1. The van der Waals surface area contributed by atoms with Gasteiger partial charge in [-0.1, -0.05) is 18.2 Å². The maximum atomic E-state index is 12.7. The molecule has 2 rings (SSSR count). The number of carbonyl (C=O) groups is 1. The number of amides is 1. The molecule has 7 nitrogen and oxygen atoms in total. The normalized spacial score (nSPS) is 11.9. The summed E-state index contributed by atoms with van der Waals surface area (Å²) in [7, 11) is -2.26. The second kappa shape index (κ2) is 11.3. The number of sulfonamides is 1. The molecule has 0 spiro atoms. The third-order valence-electron chi connectivity index (χ3n) is 3.73. The number of aliphatic imine (C=N–C) groups is 1. The molecular weight excluding hydrogens is 553 g/mol.